The lowest BCUT2D eigenvalue weighted by atomic mass is 10.1. The Morgan fingerprint density at radius 1 is 1.18 bits per heavy atom. The van der Waals surface area contributed by atoms with Gasteiger partial charge in [0.25, 0.3) is 0 Å². The summed E-state index contributed by atoms with van der Waals surface area (Å²) in [6.07, 6.45) is 5.11. The molecule has 3 rings (SSSR count). The van der Waals surface area contributed by atoms with Crippen molar-refractivity contribution in [2.24, 2.45) is 0 Å². The van der Waals surface area contributed by atoms with Gasteiger partial charge in [0.2, 0.25) is 0 Å². The zero-order valence-electron chi connectivity index (χ0n) is 9.82. The lowest BCUT2D eigenvalue weighted by Crippen LogP contribution is -2.25. The van der Waals surface area contributed by atoms with Crippen LogP contribution in [0.15, 0.2) is 18.2 Å². The summed E-state index contributed by atoms with van der Waals surface area (Å²) in [5, 5.41) is 0. The lowest BCUT2D eigenvalue weighted by molar-refractivity contribution is -0.107. The Morgan fingerprint density at radius 2 is 2.06 bits per heavy atom. The summed E-state index contributed by atoms with van der Waals surface area (Å²) in [7, 11) is 0. The van der Waals surface area contributed by atoms with Gasteiger partial charge in [0.15, 0.2) is 17.9 Å². The fourth-order valence-electron chi connectivity index (χ4n) is 2.23. The lowest BCUT2D eigenvalue weighted by Gasteiger charge is -2.23. The Balaban J connectivity index is 1.69. The second kappa shape index (κ2) is 4.65. The van der Waals surface area contributed by atoms with E-state index in [1.807, 2.05) is 6.07 Å². The van der Waals surface area contributed by atoms with Crippen LogP contribution in [-0.2, 0) is 4.74 Å². The molecular formula is C14H17FO2. The van der Waals surface area contributed by atoms with Crippen LogP contribution in [0.1, 0.15) is 43.6 Å². The Bertz CT molecular complexity index is 395. The molecule has 0 N–H and O–H groups in total. The van der Waals surface area contributed by atoms with Crippen LogP contribution >= 0.6 is 0 Å². The molecule has 3 heteroatoms. The van der Waals surface area contributed by atoms with Gasteiger partial charge >= 0.3 is 0 Å². The number of rotatable bonds is 3. The van der Waals surface area contributed by atoms with Crippen molar-refractivity contribution < 1.29 is 13.9 Å². The van der Waals surface area contributed by atoms with Crippen LogP contribution in [0.5, 0.6) is 5.75 Å². The van der Waals surface area contributed by atoms with Crippen molar-refractivity contribution in [2.45, 2.75) is 44.3 Å². The average molecular weight is 236 g/mol. The highest BCUT2D eigenvalue weighted by Crippen LogP contribution is 2.41. The first kappa shape index (κ1) is 11.0. The van der Waals surface area contributed by atoms with Gasteiger partial charge in [-0.25, -0.2) is 4.39 Å². The van der Waals surface area contributed by atoms with Gasteiger partial charge in [-0.3, -0.25) is 0 Å². The van der Waals surface area contributed by atoms with Crippen molar-refractivity contribution in [3.63, 3.8) is 0 Å². The highest BCUT2D eigenvalue weighted by Gasteiger charge is 2.25. The molecule has 2 aliphatic rings. The van der Waals surface area contributed by atoms with E-state index < -0.39 is 0 Å². The van der Waals surface area contributed by atoms with Crippen LogP contribution in [0.2, 0.25) is 0 Å². The summed E-state index contributed by atoms with van der Waals surface area (Å²) in [6.45, 7) is 0.715. The minimum Gasteiger partial charge on any atom is -0.462 e. The SMILES string of the molecule is Fc1cc(C2CC2)ccc1OC1CCCCO1. The molecule has 0 radical (unpaired) electrons. The number of ether oxygens (including phenoxy) is 2. The van der Waals surface area contributed by atoms with E-state index in [0.29, 0.717) is 18.3 Å². The normalized spacial score (nSPS) is 24.6. The van der Waals surface area contributed by atoms with E-state index in [1.165, 1.54) is 12.8 Å². The van der Waals surface area contributed by atoms with Crippen molar-refractivity contribution in [3.05, 3.63) is 29.6 Å². The zero-order chi connectivity index (χ0) is 11.7. The molecule has 1 aliphatic carbocycles. The van der Waals surface area contributed by atoms with E-state index in [9.17, 15) is 4.39 Å². The number of hydrogen-bond acceptors (Lipinski definition) is 2. The van der Waals surface area contributed by atoms with Gasteiger partial charge in [-0.1, -0.05) is 6.07 Å². The fourth-order valence-corrected chi connectivity index (χ4v) is 2.23. The third-order valence-electron chi connectivity index (χ3n) is 3.40. The molecule has 1 aliphatic heterocycles. The molecule has 0 bridgehead atoms. The summed E-state index contributed by atoms with van der Waals surface area (Å²) in [5.41, 5.74) is 1.10. The Morgan fingerprint density at radius 3 is 2.71 bits per heavy atom. The van der Waals surface area contributed by atoms with Gasteiger partial charge < -0.3 is 9.47 Å². The second-order valence-electron chi connectivity index (χ2n) is 4.88. The predicted molar refractivity (Wildman–Crippen MR) is 62.6 cm³/mol. The quantitative estimate of drug-likeness (QED) is 0.798. The maximum atomic E-state index is 13.8. The standard InChI is InChI=1S/C14H17FO2/c15-12-9-11(10-4-5-10)6-7-13(12)17-14-3-1-2-8-16-14/h6-7,9-10,14H,1-5,8H2. The predicted octanol–water partition coefficient (Wildman–Crippen LogP) is 3.61. The van der Waals surface area contributed by atoms with Crippen molar-refractivity contribution in [2.75, 3.05) is 6.61 Å². The molecule has 1 aromatic carbocycles. The molecule has 1 aromatic rings. The maximum absolute atomic E-state index is 13.8. The number of hydrogen-bond donors (Lipinski definition) is 0. The van der Waals surface area contributed by atoms with Crippen molar-refractivity contribution in [1.82, 2.24) is 0 Å². The molecule has 2 fully saturated rings. The summed E-state index contributed by atoms with van der Waals surface area (Å²) in [6, 6.07) is 5.32. The summed E-state index contributed by atoms with van der Waals surface area (Å²) in [4.78, 5) is 0. The molecule has 17 heavy (non-hydrogen) atoms. The minimum atomic E-state index is -0.273. The highest BCUT2D eigenvalue weighted by molar-refractivity contribution is 5.33. The van der Waals surface area contributed by atoms with E-state index in [1.54, 1.807) is 12.1 Å². The van der Waals surface area contributed by atoms with Crippen LogP contribution in [0.4, 0.5) is 4.39 Å². The summed E-state index contributed by atoms with van der Waals surface area (Å²) < 4.78 is 24.8. The third-order valence-corrected chi connectivity index (χ3v) is 3.40. The van der Waals surface area contributed by atoms with Crippen LogP contribution in [0.25, 0.3) is 0 Å². The molecule has 1 saturated heterocycles. The zero-order valence-corrected chi connectivity index (χ0v) is 9.82. The first-order valence-corrected chi connectivity index (χ1v) is 6.40. The van der Waals surface area contributed by atoms with E-state index in [2.05, 4.69) is 0 Å². The Kier molecular flexibility index (Phi) is 3.02. The van der Waals surface area contributed by atoms with Crippen LogP contribution < -0.4 is 4.74 Å². The molecule has 0 spiro atoms. The molecule has 1 atom stereocenters. The summed E-state index contributed by atoms with van der Waals surface area (Å²) >= 11 is 0. The monoisotopic (exact) mass is 236 g/mol. The van der Waals surface area contributed by atoms with Crippen molar-refractivity contribution in [3.8, 4) is 5.75 Å². The fraction of sp³-hybridized carbons (Fsp3) is 0.571. The van der Waals surface area contributed by atoms with Gasteiger partial charge in [0.05, 0.1) is 6.61 Å². The third kappa shape index (κ3) is 2.60. The van der Waals surface area contributed by atoms with Crippen LogP contribution in [0, 0.1) is 5.82 Å². The van der Waals surface area contributed by atoms with E-state index in [-0.39, 0.29) is 12.1 Å². The van der Waals surface area contributed by atoms with Gasteiger partial charge in [-0.15, -0.1) is 0 Å². The molecule has 1 unspecified atom stereocenters. The van der Waals surface area contributed by atoms with E-state index >= 15 is 0 Å². The summed E-state index contributed by atoms with van der Waals surface area (Å²) in [5.74, 6) is 0.634. The molecular weight excluding hydrogens is 219 g/mol. The van der Waals surface area contributed by atoms with Gasteiger partial charge in [0, 0.05) is 6.42 Å². The van der Waals surface area contributed by atoms with E-state index in [0.717, 1.165) is 24.8 Å². The largest absolute Gasteiger partial charge is 0.462 e. The van der Waals surface area contributed by atoms with Gasteiger partial charge in [-0.2, -0.15) is 0 Å². The molecule has 2 nitrogen and oxygen atoms in total. The molecule has 0 amide bonds. The van der Waals surface area contributed by atoms with Crippen LogP contribution in [0.3, 0.4) is 0 Å². The number of benzene rings is 1. The Labute approximate surface area is 101 Å². The number of halogens is 1. The van der Waals surface area contributed by atoms with Crippen LogP contribution in [-0.4, -0.2) is 12.9 Å². The van der Waals surface area contributed by atoms with Gasteiger partial charge in [-0.05, 0) is 49.3 Å². The van der Waals surface area contributed by atoms with Crippen molar-refractivity contribution >= 4 is 0 Å². The maximum Gasteiger partial charge on any atom is 0.199 e. The minimum absolute atomic E-state index is 0.261. The second-order valence-corrected chi connectivity index (χ2v) is 4.88. The highest BCUT2D eigenvalue weighted by atomic mass is 19.1. The average Bonchev–Trinajstić information content (AvgIpc) is 3.17. The Hall–Kier alpha value is -1.09. The smallest absolute Gasteiger partial charge is 0.199 e. The first-order valence-electron chi connectivity index (χ1n) is 6.40. The van der Waals surface area contributed by atoms with E-state index in [4.69, 9.17) is 9.47 Å². The molecule has 1 heterocycles. The van der Waals surface area contributed by atoms with Crippen molar-refractivity contribution in [1.29, 1.82) is 0 Å². The molecule has 0 aromatic heterocycles. The molecule has 1 saturated carbocycles. The topological polar surface area (TPSA) is 18.5 Å². The van der Waals surface area contributed by atoms with Gasteiger partial charge in [0.1, 0.15) is 0 Å². The molecule has 92 valence electrons. The first-order chi connectivity index (χ1) is 8.33.